The highest BCUT2D eigenvalue weighted by molar-refractivity contribution is 5.71. The molecule has 2 atom stereocenters. The topological polar surface area (TPSA) is 99.2 Å². The van der Waals surface area contributed by atoms with Crippen LogP contribution in [0.2, 0.25) is 0 Å². The van der Waals surface area contributed by atoms with Crippen LogP contribution in [-0.4, -0.2) is 72.1 Å². The monoisotopic (exact) mass is 567 g/mol. The van der Waals surface area contributed by atoms with Crippen LogP contribution in [0.3, 0.4) is 0 Å². The second kappa shape index (κ2) is 14.6. The number of nitrogens with zero attached hydrogens (tertiary/aromatic N) is 2. The first-order chi connectivity index (χ1) is 19.7. The zero-order valence-corrected chi connectivity index (χ0v) is 24.8. The number of carbonyl (C=O) groups excluding carboxylic acids is 2. The molecule has 2 aromatic rings. The number of alkyl carbamates (subject to hydrolysis) is 1. The van der Waals surface area contributed by atoms with Crippen LogP contribution in [0.15, 0.2) is 48.7 Å². The molecule has 2 unspecified atom stereocenters. The molecule has 4 rings (SSSR count). The average Bonchev–Trinajstić information content (AvgIpc) is 3.31. The molecule has 41 heavy (non-hydrogen) atoms. The predicted octanol–water partition coefficient (Wildman–Crippen LogP) is 5.23. The first kappa shape index (κ1) is 30.8. The first-order valence-corrected chi connectivity index (χ1v) is 14.8. The lowest BCUT2D eigenvalue weighted by Crippen LogP contribution is -2.49. The van der Waals surface area contributed by atoms with Crippen LogP contribution in [0, 0.1) is 0 Å². The van der Waals surface area contributed by atoms with Crippen LogP contribution in [-0.2, 0) is 25.5 Å². The molecular weight excluding hydrogens is 522 g/mol. The van der Waals surface area contributed by atoms with Crippen molar-refractivity contribution in [2.24, 2.45) is 0 Å². The van der Waals surface area contributed by atoms with Crippen LogP contribution >= 0.6 is 0 Å². The number of pyridine rings is 1. The molecule has 1 N–H and O–H groups in total. The molecule has 0 radical (unpaired) electrons. The van der Waals surface area contributed by atoms with Crippen LogP contribution in [0.25, 0.3) is 0 Å². The molecule has 1 aliphatic heterocycles. The first-order valence-electron chi connectivity index (χ1n) is 14.8. The van der Waals surface area contributed by atoms with Crippen molar-refractivity contribution in [2.45, 2.75) is 96.1 Å². The smallest absolute Gasteiger partial charge is 0.407 e. The van der Waals surface area contributed by atoms with E-state index in [2.05, 4.69) is 39.5 Å². The van der Waals surface area contributed by atoms with E-state index in [9.17, 15) is 9.59 Å². The summed E-state index contributed by atoms with van der Waals surface area (Å²) >= 11 is 0. The lowest BCUT2D eigenvalue weighted by molar-refractivity contribution is -0.145. The zero-order chi connectivity index (χ0) is 29.2. The van der Waals surface area contributed by atoms with Crippen LogP contribution < -0.4 is 10.1 Å². The number of rotatable bonds is 11. The van der Waals surface area contributed by atoms with E-state index >= 15 is 0 Å². The van der Waals surface area contributed by atoms with Crippen molar-refractivity contribution in [1.29, 1.82) is 0 Å². The zero-order valence-electron chi connectivity index (χ0n) is 24.8. The van der Waals surface area contributed by atoms with Crippen LogP contribution in [0.4, 0.5) is 4.79 Å². The summed E-state index contributed by atoms with van der Waals surface area (Å²) in [7, 11) is 0. The number of amides is 1. The number of ether oxygens (including phenoxy) is 4. The Morgan fingerprint density at radius 3 is 2.49 bits per heavy atom. The van der Waals surface area contributed by atoms with Gasteiger partial charge in [-0.25, -0.2) is 14.6 Å². The predicted molar refractivity (Wildman–Crippen MR) is 156 cm³/mol. The normalized spacial score (nSPS) is 23.1. The third kappa shape index (κ3) is 9.43. The largest absolute Gasteiger partial charge is 0.465 e. The standard InChI is InChI=1S/C32H45N3O6/c1-5-38-29(36)22-40-30-26(12-9-18-33-30)24-13-15-25(16-14-24)39-21-28-27(34-31(37)41-32(2,3)4)17-19-35(28)20-23-10-7-6-8-11-23/h6-12,18,24-25,27-28H,5,13-17,19-22H2,1-4H3,(H,34,37)/t24-,25+,27?,28?. The Morgan fingerprint density at radius 2 is 1.78 bits per heavy atom. The molecule has 1 saturated carbocycles. The lowest BCUT2D eigenvalue weighted by atomic mass is 9.83. The van der Waals surface area contributed by atoms with Gasteiger partial charge in [-0.2, -0.15) is 0 Å². The number of nitrogens with one attached hydrogen (secondary N) is 1. The summed E-state index contributed by atoms with van der Waals surface area (Å²) in [5.74, 6) is 0.403. The summed E-state index contributed by atoms with van der Waals surface area (Å²) < 4.78 is 22.8. The Bertz CT molecular complexity index is 1110. The van der Waals surface area contributed by atoms with Gasteiger partial charge in [-0.05, 0) is 77.3 Å². The molecule has 9 heteroatoms. The van der Waals surface area contributed by atoms with Gasteiger partial charge in [0.1, 0.15) is 5.60 Å². The van der Waals surface area contributed by atoms with Gasteiger partial charge in [0.25, 0.3) is 0 Å². The second-order valence-electron chi connectivity index (χ2n) is 11.9. The minimum atomic E-state index is -0.547. The molecule has 1 amide bonds. The number of esters is 1. The van der Waals surface area contributed by atoms with E-state index in [1.807, 2.05) is 39.0 Å². The maximum absolute atomic E-state index is 12.6. The molecule has 1 saturated heterocycles. The number of hydrogen-bond donors (Lipinski definition) is 1. The number of carbonyl (C=O) groups is 2. The molecular formula is C32H45N3O6. The average molecular weight is 568 g/mol. The van der Waals surface area contributed by atoms with Crippen molar-refractivity contribution in [3.05, 3.63) is 59.8 Å². The minimum Gasteiger partial charge on any atom is -0.465 e. The lowest BCUT2D eigenvalue weighted by Gasteiger charge is -2.33. The Balaban J connectivity index is 1.33. The third-order valence-electron chi connectivity index (χ3n) is 7.64. The van der Waals surface area contributed by atoms with Crippen LogP contribution in [0.5, 0.6) is 5.88 Å². The Labute approximate surface area is 243 Å². The number of hydrogen-bond acceptors (Lipinski definition) is 8. The van der Waals surface area contributed by atoms with E-state index in [-0.39, 0.29) is 30.9 Å². The third-order valence-corrected chi connectivity index (χ3v) is 7.64. The highest BCUT2D eigenvalue weighted by atomic mass is 16.6. The van der Waals surface area contributed by atoms with Crippen molar-refractivity contribution >= 4 is 12.1 Å². The van der Waals surface area contributed by atoms with Gasteiger partial charge in [-0.3, -0.25) is 4.90 Å². The molecule has 2 aliphatic rings. The van der Waals surface area contributed by atoms with Gasteiger partial charge in [0.05, 0.1) is 31.4 Å². The Hall–Kier alpha value is -3.17. The molecule has 2 heterocycles. The van der Waals surface area contributed by atoms with E-state index in [1.165, 1.54) is 5.56 Å². The van der Waals surface area contributed by atoms with Crippen molar-refractivity contribution in [3.63, 3.8) is 0 Å². The Morgan fingerprint density at radius 1 is 1.02 bits per heavy atom. The van der Waals surface area contributed by atoms with Gasteiger partial charge >= 0.3 is 12.1 Å². The van der Waals surface area contributed by atoms with Crippen LogP contribution in [0.1, 0.15) is 76.8 Å². The van der Waals surface area contributed by atoms with E-state index in [0.717, 1.165) is 50.8 Å². The fraction of sp³-hybridized carbons (Fsp3) is 0.594. The molecule has 1 aliphatic carbocycles. The van der Waals surface area contributed by atoms with Crippen molar-refractivity contribution in [1.82, 2.24) is 15.2 Å². The highest BCUT2D eigenvalue weighted by Crippen LogP contribution is 2.37. The summed E-state index contributed by atoms with van der Waals surface area (Å²) in [4.78, 5) is 31.2. The summed E-state index contributed by atoms with van der Waals surface area (Å²) in [6, 6.07) is 14.4. The Kier molecular flexibility index (Phi) is 11.0. The summed E-state index contributed by atoms with van der Waals surface area (Å²) in [5, 5.41) is 3.11. The van der Waals surface area contributed by atoms with Gasteiger partial charge in [0, 0.05) is 24.8 Å². The fourth-order valence-electron chi connectivity index (χ4n) is 5.72. The van der Waals surface area contributed by atoms with Crippen molar-refractivity contribution < 1.29 is 28.5 Å². The van der Waals surface area contributed by atoms with E-state index < -0.39 is 11.6 Å². The molecule has 9 nitrogen and oxygen atoms in total. The number of aromatic nitrogens is 1. The molecule has 2 fully saturated rings. The van der Waals surface area contributed by atoms with E-state index in [4.69, 9.17) is 18.9 Å². The number of likely N-dealkylation sites (tertiary alicyclic amines) is 1. The van der Waals surface area contributed by atoms with E-state index in [0.29, 0.717) is 25.0 Å². The maximum Gasteiger partial charge on any atom is 0.407 e. The quantitative estimate of drug-likeness (QED) is 0.369. The fourth-order valence-corrected chi connectivity index (χ4v) is 5.72. The van der Waals surface area contributed by atoms with Gasteiger partial charge in [-0.1, -0.05) is 36.4 Å². The second-order valence-corrected chi connectivity index (χ2v) is 11.9. The van der Waals surface area contributed by atoms with Crippen molar-refractivity contribution in [2.75, 3.05) is 26.4 Å². The molecule has 0 bridgehead atoms. The molecule has 1 aromatic heterocycles. The molecule has 0 spiro atoms. The van der Waals surface area contributed by atoms with Gasteiger partial charge in [0.2, 0.25) is 5.88 Å². The van der Waals surface area contributed by atoms with Gasteiger partial charge in [-0.15, -0.1) is 0 Å². The SMILES string of the molecule is CCOC(=O)COc1ncccc1[C@H]1CC[C@@H](OCC2C(NC(=O)OC(C)(C)C)CCN2Cc2ccccc2)CC1. The van der Waals surface area contributed by atoms with Gasteiger partial charge < -0.3 is 24.3 Å². The van der Waals surface area contributed by atoms with Crippen molar-refractivity contribution in [3.8, 4) is 5.88 Å². The summed E-state index contributed by atoms with van der Waals surface area (Å²) in [6.07, 6.45) is 6.04. The van der Waals surface area contributed by atoms with E-state index in [1.54, 1.807) is 13.1 Å². The van der Waals surface area contributed by atoms with Gasteiger partial charge in [0.15, 0.2) is 6.61 Å². The number of benzene rings is 1. The molecule has 1 aromatic carbocycles. The molecule has 224 valence electrons. The summed E-state index contributed by atoms with van der Waals surface area (Å²) in [6.45, 7) is 9.82. The minimum absolute atomic E-state index is 0.0422. The summed E-state index contributed by atoms with van der Waals surface area (Å²) in [5.41, 5.74) is 1.73. The maximum atomic E-state index is 12.6. The highest BCUT2D eigenvalue weighted by Gasteiger charge is 2.37.